The van der Waals surface area contributed by atoms with Crippen LogP contribution in [0.3, 0.4) is 0 Å². The van der Waals surface area contributed by atoms with Crippen molar-refractivity contribution >= 4 is 11.8 Å². The molecule has 0 amide bonds. The van der Waals surface area contributed by atoms with Crippen LogP contribution in [0.25, 0.3) is 0 Å². The van der Waals surface area contributed by atoms with Gasteiger partial charge in [0.2, 0.25) is 0 Å². The Morgan fingerprint density at radius 2 is 2.04 bits per heavy atom. The fraction of sp³-hybridized carbons (Fsp3) is 0.818. The molecule has 1 N–H and O–H groups in total. The molecule has 0 aromatic heterocycles. The lowest BCUT2D eigenvalue weighted by Crippen LogP contribution is -2.56. The second-order valence-electron chi connectivity index (χ2n) is 9.61. The van der Waals surface area contributed by atoms with E-state index in [2.05, 4.69) is 13.8 Å². The lowest BCUT2D eigenvalue weighted by Gasteiger charge is -2.60. The van der Waals surface area contributed by atoms with Crippen LogP contribution in [-0.2, 0) is 14.3 Å². The summed E-state index contributed by atoms with van der Waals surface area (Å²) in [6, 6.07) is 0. The Bertz CT molecular complexity index is 653. The second kappa shape index (κ2) is 6.19. The monoisotopic (exact) mass is 360 g/mol. The number of carbonyl (C=O) groups excluding carboxylic acids is 2. The molecule has 0 bridgehead atoms. The molecule has 0 spiro atoms. The molecule has 0 saturated heterocycles. The van der Waals surface area contributed by atoms with Gasteiger partial charge in [0.1, 0.15) is 6.61 Å². The molecule has 4 rings (SSSR count). The van der Waals surface area contributed by atoms with Crippen molar-refractivity contribution < 1.29 is 19.4 Å². The number of esters is 1. The van der Waals surface area contributed by atoms with E-state index in [0.717, 1.165) is 38.5 Å². The molecule has 4 aliphatic carbocycles. The van der Waals surface area contributed by atoms with E-state index in [1.165, 1.54) is 12.5 Å². The van der Waals surface area contributed by atoms with Crippen molar-refractivity contribution in [1.82, 2.24) is 0 Å². The number of rotatable bonds is 2. The van der Waals surface area contributed by atoms with Crippen LogP contribution < -0.4 is 0 Å². The van der Waals surface area contributed by atoms with Crippen molar-refractivity contribution in [3.63, 3.8) is 0 Å². The summed E-state index contributed by atoms with van der Waals surface area (Å²) in [6.45, 7) is 6.34. The summed E-state index contributed by atoms with van der Waals surface area (Å²) in [6.07, 6.45) is 8.40. The van der Waals surface area contributed by atoms with Crippen LogP contribution in [-0.4, -0.2) is 29.6 Å². The molecule has 3 fully saturated rings. The maximum absolute atomic E-state index is 12.2. The minimum Gasteiger partial charge on any atom is -0.465 e. The molecule has 4 heteroatoms. The largest absolute Gasteiger partial charge is 0.465 e. The van der Waals surface area contributed by atoms with Gasteiger partial charge < -0.3 is 9.84 Å². The van der Waals surface area contributed by atoms with Gasteiger partial charge in [-0.15, -0.1) is 0 Å². The van der Waals surface area contributed by atoms with Crippen LogP contribution in [0.1, 0.15) is 65.7 Å². The van der Waals surface area contributed by atoms with Crippen molar-refractivity contribution in [3.8, 4) is 0 Å². The molecule has 3 saturated carbocycles. The summed E-state index contributed by atoms with van der Waals surface area (Å²) < 4.78 is 5.61. The Morgan fingerprint density at radius 3 is 2.77 bits per heavy atom. The van der Waals surface area contributed by atoms with Gasteiger partial charge in [0.05, 0.1) is 6.10 Å². The van der Waals surface area contributed by atoms with Crippen LogP contribution in [0, 0.1) is 34.5 Å². The average molecular weight is 360 g/mol. The lowest BCUT2D eigenvalue weighted by atomic mass is 9.45. The van der Waals surface area contributed by atoms with E-state index in [1.807, 2.05) is 6.08 Å². The van der Waals surface area contributed by atoms with Gasteiger partial charge in [-0.2, -0.15) is 0 Å². The highest BCUT2D eigenvalue weighted by molar-refractivity contribution is 5.92. The van der Waals surface area contributed by atoms with E-state index in [9.17, 15) is 14.7 Å². The highest BCUT2D eigenvalue weighted by Gasteiger charge is 2.61. The number of aliphatic hydroxyl groups excluding tert-OH is 1. The minimum atomic E-state index is -0.234. The molecular weight excluding hydrogens is 328 g/mol. The smallest absolute Gasteiger partial charge is 0.302 e. The molecule has 0 heterocycles. The maximum atomic E-state index is 12.2. The molecular formula is C22H32O4. The number of aliphatic hydroxyl groups is 1. The Balaban J connectivity index is 1.74. The number of hydrogen-bond donors (Lipinski definition) is 1. The molecule has 0 radical (unpaired) electrons. The minimum absolute atomic E-state index is 0.0404. The standard InChI is InChI=1S/C22H32O4/c1-13-10-16(24)11-15-4-5-17-18-6-7-20(25)21(18,3)9-8-19(17)22(13,15)12-26-14(2)23/h11,13,17-20,25H,4-10,12H2,1-3H3/t13?,17-,18-,19+,20?,21-,22-/m0/s1. The zero-order valence-corrected chi connectivity index (χ0v) is 16.3. The summed E-state index contributed by atoms with van der Waals surface area (Å²) in [5.41, 5.74) is 1.08. The first-order chi connectivity index (χ1) is 12.3. The number of hydrogen-bond acceptors (Lipinski definition) is 4. The van der Waals surface area contributed by atoms with Gasteiger partial charge in [0, 0.05) is 18.8 Å². The summed E-state index contributed by atoms with van der Waals surface area (Å²) in [4.78, 5) is 23.9. The zero-order chi connectivity index (χ0) is 18.7. The highest BCUT2D eigenvalue weighted by atomic mass is 16.5. The van der Waals surface area contributed by atoms with Crippen molar-refractivity contribution in [2.75, 3.05) is 6.61 Å². The van der Waals surface area contributed by atoms with Crippen molar-refractivity contribution in [1.29, 1.82) is 0 Å². The normalized spacial score (nSPS) is 47.5. The van der Waals surface area contributed by atoms with Crippen molar-refractivity contribution in [3.05, 3.63) is 11.6 Å². The average Bonchev–Trinajstić information content (AvgIpc) is 2.88. The van der Waals surface area contributed by atoms with E-state index in [0.29, 0.717) is 30.8 Å². The topological polar surface area (TPSA) is 63.6 Å². The predicted octanol–water partition coefficient (Wildman–Crippen LogP) is 3.67. The fourth-order valence-electron chi connectivity index (χ4n) is 7.28. The van der Waals surface area contributed by atoms with E-state index < -0.39 is 0 Å². The summed E-state index contributed by atoms with van der Waals surface area (Å²) in [7, 11) is 0. The quantitative estimate of drug-likeness (QED) is 0.763. The SMILES string of the molecule is CC(=O)OC[C@@]12C(=CC(=O)CC1C)CC[C@@H]1[C@H]2CC[C@]2(C)C(O)CC[C@@H]12. The second-order valence-corrected chi connectivity index (χ2v) is 9.61. The Labute approximate surface area is 156 Å². The lowest BCUT2D eigenvalue weighted by molar-refractivity contribution is -0.154. The molecule has 26 heavy (non-hydrogen) atoms. The van der Waals surface area contributed by atoms with Crippen LogP contribution in [0.4, 0.5) is 0 Å². The van der Waals surface area contributed by atoms with E-state index in [1.54, 1.807) is 0 Å². The van der Waals surface area contributed by atoms with Gasteiger partial charge >= 0.3 is 5.97 Å². The number of ether oxygens (including phenoxy) is 1. The van der Waals surface area contributed by atoms with E-state index in [4.69, 9.17) is 4.74 Å². The Hall–Kier alpha value is -1.16. The third kappa shape index (κ3) is 2.44. The molecule has 0 aromatic rings. The van der Waals surface area contributed by atoms with Gasteiger partial charge in [0.15, 0.2) is 5.78 Å². The van der Waals surface area contributed by atoms with Gasteiger partial charge in [-0.1, -0.05) is 19.4 Å². The van der Waals surface area contributed by atoms with Crippen molar-refractivity contribution in [2.45, 2.75) is 71.8 Å². The van der Waals surface area contributed by atoms with E-state index >= 15 is 0 Å². The third-order valence-corrected chi connectivity index (χ3v) is 8.63. The fourth-order valence-corrected chi connectivity index (χ4v) is 7.28. The molecule has 144 valence electrons. The van der Waals surface area contributed by atoms with Gasteiger partial charge in [-0.25, -0.2) is 0 Å². The molecule has 0 aromatic carbocycles. The summed E-state index contributed by atoms with van der Waals surface area (Å²) in [5, 5.41) is 10.6. The molecule has 4 nitrogen and oxygen atoms in total. The van der Waals surface area contributed by atoms with Gasteiger partial charge in [-0.05, 0) is 73.7 Å². The molecule has 2 unspecified atom stereocenters. The first-order valence-corrected chi connectivity index (χ1v) is 10.3. The van der Waals surface area contributed by atoms with E-state index in [-0.39, 0.29) is 34.6 Å². The molecule has 4 aliphatic rings. The van der Waals surface area contributed by atoms with Crippen LogP contribution in [0.2, 0.25) is 0 Å². The first kappa shape index (κ1) is 18.2. The van der Waals surface area contributed by atoms with Crippen molar-refractivity contribution in [2.24, 2.45) is 34.5 Å². The first-order valence-electron chi connectivity index (χ1n) is 10.3. The van der Waals surface area contributed by atoms with Gasteiger partial charge in [0.25, 0.3) is 0 Å². The number of ketones is 1. The summed E-state index contributed by atoms with van der Waals surface area (Å²) in [5.74, 6) is 1.76. The predicted molar refractivity (Wildman–Crippen MR) is 98.2 cm³/mol. The van der Waals surface area contributed by atoms with Crippen LogP contribution in [0.5, 0.6) is 0 Å². The number of fused-ring (bicyclic) bond motifs is 5. The Morgan fingerprint density at radius 1 is 1.27 bits per heavy atom. The third-order valence-electron chi connectivity index (χ3n) is 8.63. The zero-order valence-electron chi connectivity index (χ0n) is 16.3. The number of carbonyl (C=O) groups is 2. The highest BCUT2D eigenvalue weighted by Crippen LogP contribution is 2.66. The van der Waals surface area contributed by atoms with Gasteiger partial charge in [-0.3, -0.25) is 9.59 Å². The summed E-state index contributed by atoms with van der Waals surface area (Å²) >= 11 is 0. The molecule has 7 atom stereocenters. The van der Waals surface area contributed by atoms with Crippen LogP contribution in [0.15, 0.2) is 11.6 Å². The Kier molecular flexibility index (Phi) is 4.33. The van der Waals surface area contributed by atoms with Crippen LogP contribution >= 0.6 is 0 Å². The molecule has 0 aliphatic heterocycles. The maximum Gasteiger partial charge on any atom is 0.302 e.